The molecule has 0 radical (unpaired) electrons. The van der Waals surface area contributed by atoms with Gasteiger partial charge in [-0.25, -0.2) is 8.42 Å². The molecular weight excluding hydrogens is 406 g/mol. The smallest absolute Gasteiger partial charge is 0.273 e. The second kappa shape index (κ2) is 9.57. The summed E-state index contributed by atoms with van der Waals surface area (Å²) in [6, 6.07) is 6.37. The number of benzene rings is 1. The molecule has 2 aromatic rings. The lowest BCUT2D eigenvalue weighted by atomic mass is 10.0. The standard InChI is InChI=1S/C20H29N5O4S/c1-15(2)21-20(26)19-14-24(23-22-19)13-11-16-6-4-5-12-25(16)30(27,28)18-9-7-17(29-3)8-10-18/h7-10,14-16H,4-6,11-13H2,1-3H3,(H,21,26)/t16-/m0/s1. The van der Waals surface area contributed by atoms with Crippen molar-refractivity contribution < 1.29 is 17.9 Å². The quantitative estimate of drug-likeness (QED) is 0.680. The highest BCUT2D eigenvalue weighted by molar-refractivity contribution is 7.89. The van der Waals surface area contributed by atoms with E-state index in [1.165, 1.54) is 0 Å². The van der Waals surface area contributed by atoms with Crippen LogP contribution in [0.2, 0.25) is 0 Å². The van der Waals surface area contributed by atoms with Gasteiger partial charge in [0.2, 0.25) is 10.0 Å². The van der Waals surface area contributed by atoms with E-state index in [0.717, 1.165) is 19.3 Å². The van der Waals surface area contributed by atoms with Crippen molar-refractivity contribution in [2.24, 2.45) is 0 Å². The number of aromatic nitrogens is 3. The molecule has 1 saturated heterocycles. The summed E-state index contributed by atoms with van der Waals surface area (Å²) in [5, 5.41) is 10.7. The van der Waals surface area contributed by atoms with E-state index in [1.807, 2.05) is 13.8 Å². The minimum absolute atomic E-state index is 0.0154. The van der Waals surface area contributed by atoms with E-state index in [2.05, 4.69) is 15.6 Å². The maximum atomic E-state index is 13.2. The summed E-state index contributed by atoms with van der Waals surface area (Å²) in [6.45, 7) is 4.74. The van der Waals surface area contributed by atoms with Gasteiger partial charge >= 0.3 is 0 Å². The molecule has 3 rings (SSSR count). The van der Waals surface area contributed by atoms with Crippen LogP contribution in [0.25, 0.3) is 0 Å². The predicted octanol–water partition coefficient (Wildman–Crippen LogP) is 2.06. The Labute approximate surface area is 177 Å². The van der Waals surface area contributed by atoms with Crippen LogP contribution >= 0.6 is 0 Å². The molecule has 0 bridgehead atoms. The average Bonchev–Trinajstić information content (AvgIpc) is 3.21. The van der Waals surface area contributed by atoms with Crippen molar-refractivity contribution in [3.8, 4) is 5.75 Å². The lowest BCUT2D eigenvalue weighted by Crippen LogP contribution is -2.44. The van der Waals surface area contributed by atoms with E-state index < -0.39 is 10.0 Å². The van der Waals surface area contributed by atoms with Gasteiger partial charge in [-0.2, -0.15) is 4.31 Å². The number of methoxy groups -OCH3 is 1. The fraction of sp³-hybridized carbons (Fsp3) is 0.550. The number of nitrogens with zero attached hydrogens (tertiary/aromatic N) is 4. The Morgan fingerprint density at radius 3 is 2.67 bits per heavy atom. The summed E-state index contributed by atoms with van der Waals surface area (Å²) in [5.41, 5.74) is 0.259. The van der Waals surface area contributed by atoms with Gasteiger partial charge in [0.05, 0.1) is 18.2 Å². The molecule has 9 nitrogen and oxygen atoms in total. The molecule has 2 heterocycles. The number of ether oxygens (including phenoxy) is 1. The molecule has 1 N–H and O–H groups in total. The van der Waals surface area contributed by atoms with Gasteiger partial charge in [-0.05, 0) is 57.4 Å². The van der Waals surface area contributed by atoms with Crippen LogP contribution in [0.5, 0.6) is 5.75 Å². The van der Waals surface area contributed by atoms with Crippen molar-refractivity contribution in [3.63, 3.8) is 0 Å². The van der Waals surface area contributed by atoms with Crippen LogP contribution in [-0.2, 0) is 16.6 Å². The molecule has 1 atom stereocenters. The fourth-order valence-electron chi connectivity index (χ4n) is 3.59. The van der Waals surface area contributed by atoms with Gasteiger partial charge in [0.15, 0.2) is 5.69 Å². The van der Waals surface area contributed by atoms with Gasteiger partial charge in [-0.1, -0.05) is 11.6 Å². The Kier molecular flexibility index (Phi) is 7.09. The zero-order valence-electron chi connectivity index (χ0n) is 17.6. The highest BCUT2D eigenvalue weighted by Crippen LogP contribution is 2.28. The summed E-state index contributed by atoms with van der Waals surface area (Å²) >= 11 is 0. The zero-order valence-corrected chi connectivity index (χ0v) is 18.4. The van der Waals surface area contributed by atoms with E-state index in [0.29, 0.717) is 25.3 Å². The van der Waals surface area contributed by atoms with Crippen molar-refractivity contribution >= 4 is 15.9 Å². The third-order valence-electron chi connectivity index (χ3n) is 5.12. The second-order valence-corrected chi connectivity index (χ2v) is 9.62. The average molecular weight is 436 g/mol. The van der Waals surface area contributed by atoms with Gasteiger partial charge in [0, 0.05) is 25.2 Å². The first-order valence-corrected chi connectivity index (χ1v) is 11.6. The number of sulfonamides is 1. The number of hydrogen-bond donors (Lipinski definition) is 1. The van der Waals surface area contributed by atoms with Crippen LogP contribution in [0.15, 0.2) is 35.4 Å². The Bertz CT molecular complexity index is 956. The molecule has 1 fully saturated rings. The lowest BCUT2D eigenvalue weighted by Gasteiger charge is -2.34. The van der Waals surface area contributed by atoms with Gasteiger partial charge in [-0.15, -0.1) is 5.10 Å². The molecule has 0 saturated carbocycles. The van der Waals surface area contributed by atoms with Gasteiger partial charge < -0.3 is 10.1 Å². The normalized spacial score (nSPS) is 17.8. The molecule has 164 valence electrons. The fourth-order valence-corrected chi connectivity index (χ4v) is 5.31. The number of carbonyl (C=O) groups excluding carboxylic acids is 1. The van der Waals surface area contributed by atoms with Crippen LogP contribution < -0.4 is 10.1 Å². The molecule has 0 aliphatic carbocycles. The maximum absolute atomic E-state index is 13.2. The van der Waals surface area contributed by atoms with Crippen molar-refractivity contribution in [1.82, 2.24) is 24.6 Å². The van der Waals surface area contributed by atoms with E-state index in [4.69, 9.17) is 4.74 Å². The SMILES string of the molecule is COc1ccc(S(=O)(=O)N2CCCC[C@H]2CCn2cc(C(=O)NC(C)C)nn2)cc1. The van der Waals surface area contributed by atoms with Gasteiger partial charge in [0.25, 0.3) is 5.91 Å². The van der Waals surface area contributed by atoms with E-state index >= 15 is 0 Å². The number of rotatable bonds is 8. The third kappa shape index (κ3) is 5.17. The molecule has 1 aromatic heterocycles. The Hall–Kier alpha value is -2.46. The molecule has 1 aromatic carbocycles. The number of nitrogens with one attached hydrogen (secondary N) is 1. The van der Waals surface area contributed by atoms with Crippen LogP contribution in [0.3, 0.4) is 0 Å². The molecule has 10 heteroatoms. The molecule has 0 unspecified atom stereocenters. The molecule has 1 aliphatic heterocycles. The third-order valence-corrected chi connectivity index (χ3v) is 7.09. The Morgan fingerprint density at radius 2 is 2.00 bits per heavy atom. The Balaban J connectivity index is 1.68. The minimum Gasteiger partial charge on any atom is -0.497 e. The predicted molar refractivity (Wildman–Crippen MR) is 112 cm³/mol. The van der Waals surface area contributed by atoms with E-state index in [-0.39, 0.29) is 28.6 Å². The summed E-state index contributed by atoms with van der Waals surface area (Å²) in [4.78, 5) is 12.3. The molecular formula is C20H29N5O4S. The summed E-state index contributed by atoms with van der Waals surface area (Å²) < 4.78 is 34.7. The first kappa shape index (κ1) is 22.2. The first-order chi connectivity index (χ1) is 14.3. The minimum atomic E-state index is -3.59. The van der Waals surface area contributed by atoms with Crippen LogP contribution in [0, 0.1) is 0 Å². The summed E-state index contributed by atoms with van der Waals surface area (Å²) in [7, 11) is -2.05. The maximum Gasteiger partial charge on any atom is 0.273 e. The summed E-state index contributed by atoms with van der Waals surface area (Å²) in [6.07, 6.45) is 4.82. The number of aryl methyl sites for hydroxylation is 1. The van der Waals surface area contributed by atoms with Crippen molar-refractivity contribution in [2.45, 2.75) is 63.1 Å². The molecule has 1 amide bonds. The van der Waals surface area contributed by atoms with Crippen molar-refractivity contribution in [3.05, 3.63) is 36.2 Å². The molecule has 1 aliphatic rings. The zero-order chi connectivity index (χ0) is 21.7. The number of carbonyl (C=O) groups is 1. The van der Waals surface area contributed by atoms with Gasteiger partial charge in [0.1, 0.15) is 5.75 Å². The first-order valence-electron chi connectivity index (χ1n) is 10.2. The van der Waals surface area contributed by atoms with Crippen LogP contribution in [0.1, 0.15) is 50.0 Å². The monoisotopic (exact) mass is 435 g/mol. The van der Waals surface area contributed by atoms with Crippen molar-refractivity contribution in [1.29, 1.82) is 0 Å². The lowest BCUT2D eigenvalue weighted by molar-refractivity contribution is 0.0938. The van der Waals surface area contributed by atoms with Crippen molar-refractivity contribution in [2.75, 3.05) is 13.7 Å². The van der Waals surface area contributed by atoms with E-state index in [9.17, 15) is 13.2 Å². The number of amides is 1. The summed E-state index contributed by atoms with van der Waals surface area (Å²) in [5.74, 6) is 0.352. The highest BCUT2D eigenvalue weighted by atomic mass is 32.2. The van der Waals surface area contributed by atoms with Crippen LogP contribution in [0.4, 0.5) is 0 Å². The number of hydrogen-bond acceptors (Lipinski definition) is 6. The Morgan fingerprint density at radius 1 is 1.27 bits per heavy atom. The number of piperidine rings is 1. The topological polar surface area (TPSA) is 106 Å². The van der Waals surface area contributed by atoms with Gasteiger partial charge in [-0.3, -0.25) is 9.48 Å². The highest BCUT2D eigenvalue weighted by Gasteiger charge is 2.33. The van der Waals surface area contributed by atoms with Crippen LogP contribution in [-0.4, -0.2) is 59.4 Å². The van der Waals surface area contributed by atoms with E-state index in [1.54, 1.807) is 46.6 Å². The molecule has 0 spiro atoms. The second-order valence-electron chi connectivity index (χ2n) is 7.72. The molecule has 30 heavy (non-hydrogen) atoms. The largest absolute Gasteiger partial charge is 0.497 e.